The van der Waals surface area contributed by atoms with Gasteiger partial charge < -0.3 is 4.74 Å². The van der Waals surface area contributed by atoms with Crippen LogP contribution in [0.15, 0.2) is 24.3 Å². The summed E-state index contributed by atoms with van der Waals surface area (Å²) in [6.45, 7) is 2.81. The maximum atomic E-state index is 5.94. The number of ether oxygens (including phenoxy) is 1. The van der Waals surface area contributed by atoms with Gasteiger partial charge in [0.1, 0.15) is 0 Å². The third-order valence-electron chi connectivity index (χ3n) is 4.83. The second-order valence-electron chi connectivity index (χ2n) is 6.20. The highest BCUT2D eigenvalue weighted by Gasteiger charge is 2.37. The van der Waals surface area contributed by atoms with Crippen LogP contribution in [0.25, 0.3) is 0 Å². The van der Waals surface area contributed by atoms with Crippen LogP contribution in [0.3, 0.4) is 0 Å². The number of hydrazine groups is 1. The predicted molar refractivity (Wildman–Crippen MR) is 81.2 cm³/mol. The summed E-state index contributed by atoms with van der Waals surface area (Å²) in [5.41, 5.74) is 5.71. The molecule has 1 aromatic rings. The molecule has 0 aromatic heterocycles. The van der Waals surface area contributed by atoms with Gasteiger partial charge in [-0.2, -0.15) is 0 Å². The summed E-state index contributed by atoms with van der Waals surface area (Å²) in [7, 11) is 0. The molecule has 110 valence electrons. The van der Waals surface area contributed by atoms with E-state index in [0.29, 0.717) is 5.92 Å². The highest BCUT2D eigenvalue weighted by atomic mass is 16.5. The van der Waals surface area contributed by atoms with Crippen LogP contribution in [-0.2, 0) is 4.74 Å². The molecule has 3 rings (SSSR count). The van der Waals surface area contributed by atoms with Crippen LogP contribution < -0.4 is 11.3 Å². The molecule has 0 heterocycles. The minimum Gasteiger partial charge on any atom is -0.376 e. The summed E-state index contributed by atoms with van der Waals surface area (Å²) in [6, 6.07) is 9.12. The molecule has 3 N–H and O–H groups in total. The molecule has 1 aromatic carbocycles. The Labute approximate surface area is 121 Å². The van der Waals surface area contributed by atoms with Crippen molar-refractivity contribution in [3.63, 3.8) is 0 Å². The molecule has 0 bridgehead atoms. The van der Waals surface area contributed by atoms with Crippen LogP contribution in [0.2, 0.25) is 0 Å². The second-order valence-corrected chi connectivity index (χ2v) is 6.20. The summed E-state index contributed by atoms with van der Waals surface area (Å²) < 4.78 is 5.94. The van der Waals surface area contributed by atoms with E-state index in [1.807, 2.05) is 0 Å². The fraction of sp³-hybridized carbons (Fsp3) is 0.647. The first-order chi connectivity index (χ1) is 9.83. The van der Waals surface area contributed by atoms with Gasteiger partial charge in [0.25, 0.3) is 0 Å². The first-order valence-corrected chi connectivity index (χ1v) is 8.01. The van der Waals surface area contributed by atoms with Crippen molar-refractivity contribution in [2.45, 2.75) is 57.1 Å². The van der Waals surface area contributed by atoms with Gasteiger partial charge in [-0.3, -0.25) is 11.3 Å². The third kappa shape index (κ3) is 2.90. The Kier molecular flexibility index (Phi) is 4.39. The molecule has 2 fully saturated rings. The van der Waals surface area contributed by atoms with Crippen LogP contribution in [-0.4, -0.2) is 12.7 Å². The van der Waals surface area contributed by atoms with Gasteiger partial charge in [0.15, 0.2) is 0 Å². The number of nitrogens with one attached hydrogen (secondary N) is 1. The van der Waals surface area contributed by atoms with Gasteiger partial charge in [-0.1, -0.05) is 30.7 Å². The molecule has 0 amide bonds. The van der Waals surface area contributed by atoms with Gasteiger partial charge in [0.2, 0.25) is 0 Å². The van der Waals surface area contributed by atoms with Crippen LogP contribution >= 0.6 is 0 Å². The SMILES string of the molecule is CCOC(C1CC1)C(NN)c1ccc(C2CCC2)cc1. The van der Waals surface area contributed by atoms with Gasteiger partial charge in [-0.05, 0) is 55.6 Å². The Morgan fingerprint density at radius 2 is 1.90 bits per heavy atom. The molecule has 20 heavy (non-hydrogen) atoms. The largest absolute Gasteiger partial charge is 0.376 e. The number of benzene rings is 1. The zero-order valence-corrected chi connectivity index (χ0v) is 12.3. The van der Waals surface area contributed by atoms with Crippen molar-refractivity contribution in [2.24, 2.45) is 11.8 Å². The molecule has 2 aliphatic rings. The van der Waals surface area contributed by atoms with E-state index in [4.69, 9.17) is 10.6 Å². The fourth-order valence-electron chi connectivity index (χ4n) is 3.22. The van der Waals surface area contributed by atoms with Crippen molar-refractivity contribution in [1.29, 1.82) is 0 Å². The molecule has 0 aliphatic heterocycles. The van der Waals surface area contributed by atoms with Gasteiger partial charge in [0.05, 0.1) is 12.1 Å². The van der Waals surface area contributed by atoms with Crippen molar-refractivity contribution in [3.05, 3.63) is 35.4 Å². The Morgan fingerprint density at radius 3 is 2.35 bits per heavy atom. The summed E-state index contributed by atoms with van der Waals surface area (Å²) >= 11 is 0. The standard InChI is InChI=1S/C17H26N2O/c1-2-20-17(15-10-11-15)16(19-18)14-8-6-13(7-9-14)12-4-3-5-12/h6-9,12,15-17,19H,2-5,10-11,18H2,1H3. The molecule has 3 heteroatoms. The van der Waals surface area contributed by atoms with Crippen molar-refractivity contribution in [3.8, 4) is 0 Å². The van der Waals surface area contributed by atoms with E-state index in [9.17, 15) is 0 Å². The molecule has 0 saturated heterocycles. The summed E-state index contributed by atoms with van der Waals surface area (Å²) in [6.07, 6.45) is 6.82. The number of hydrogen-bond donors (Lipinski definition) is 2. The molecular formula is C17H26N2O. The average molecular weight is 274 g/mol. The Bertz CT molecular complexity index is 423. The lowest BCUT2D eigenvalue weighted by molar-refractivity contribution is 0.0185. The fourth-order valence-corrected chi connectivity index (χ4v) is 3.22. The molecule has 2 aliphatic carbocycles. The van der Waals surface area contributed by atoms with E-state index in [-0.39, 0.29) is 12.1 Å². The minimum absolute atomic E-state index is 0.109. The lowest BCUT2D eigenvalue weighted by atomic mass is 9.79. The topological polar surface area (TPSA) is 47.3 Å². The van der Waals surface area contributed by atoms with Gasteiger partial charge in [-0.15, -0.1) is 0 Å². The van der Waals surface area contributed by atoms with Crippen molar-refractivity contribution < 1.29 is 4.74 Å². The van der Waals surface area contributed by atoms with Crippen LogP contribution in [0.1, 0.15) is 62.1 Å². The highest BCUT2D eigenvalue weighted by molar-refractivity contribution is 5.29. The minimum atomic E-state index is 0.109. The van der Waals surface area contributed by atoms with Crippen LogP contribution in [0.5, 0.6) is 0 Å². The first-order valence-electron chi connectivity index (χ1n) is 8.01. The molecule has 0 radical (unpaired) electrons. The monoisotopic (exact) mass is 274 g/mol. The second kappa shape index (κ2) is 6.25. The Balaban J connectivity index is 1.73. The number of nitrogens with two attached hydrogens (primary N) is 1. The summed E-state index contributed by atoms with van der Waals surface area (Å²) in [5, 5.41) is 0. The smallest absolute Gasteiger partial charge is 0.0810 e. The first kappa shape index (κ1) is 14.1. The third-order valence-corrected chi connectivity index (χ3v) is 4.83. The lowest BCUT2D eigenvalue weighted by Gasteiger charge is -2.29. The molecule has 2 saturated carbocycles. The van der Waals surface area contributed by atoms with Crippen molar-refractivity contribution in [1.82, 2.24) is 5.43 Å². The quantitative estimate of drug-likeness (QED) is 0.592. The maximum absolute atomic E-state index is 5.94. The van der Waals surface area contributed by atoms with Crippen molar-refractivity contribution >= 4 is 0 Å². The van der Waals surface area contributed by atoms with Crippen LogP contribution in [0.4, 0.5) is 0 Å². The Morgan fingerprint density at radius 1 is 1.20 bits per heavy atom. The van der Waals surface area contributed by atoms with E-state index >= 15 is 0 Å². The molecule has 0 spiro atoms. The normalized spacial score (nSPS) is 22.3. The molecule has 3 nitrogen and oxygen atoms in total. The lowest BCUT2D eigenvalue weighted by Crippen LogP contribution is -2.39. The van der Waals surface area contributed by atoms with E-state index < -0.39 is 0 Å². The summed E-state index contributed by atoms with van der Waals surface area (Å²) in [5.74, 6) is 7.27. The highest BCUT2D eigenvalue weighted by Crippen LogP contribution is 2.41. The van der Waals surface area contributed by atoms with Gasteiger partial charge >= 0.3 is 0 Å². The van der Waals surface area contributed by atoms with E-state index in [1.165, 1.54) is 43.2 Å². The maximum Gasteiger partial charge on any atom is 0.0810 e. The van der Waals surface area contributed by atoms with Gasteiger partial charge in [0, 0.05) is 6.61 Å². The zero-order chi connectivity index (χ0) is 13.9. The predicted octanol–water partition coefficient (Wildman–Crippen LogP) is 3.27. The van der Waals surface area contributed by atoms with Gasteiger partial charge in [-0.25, -0.2) is 0 Å². The number of hydrogen-bond acceptors (Lipinski definition) is 3. The molecule has 2 unspecified atom stereocenters. The molecular weight excluding hydrogens is 248 g/mol. The van der Waals surface area contributed by atoms with Crippen molar-refractivity contribution in [2.75, 3.05) is 6.61 Å². The average Bonchev–Trinajstić information content (AvgIpc) is 3.23. The zero-order valence-electron chi connectivity index (χ0n) is 12.3. The number of rotatable bonds is 7. The molecule has 2 atom stereocenters. The van der Waals surface area contributed by atoms with E-state index in [1.54, 1.807) is 0 Å². The summed E-state index contributed by atoms with van der Waals surface area (Å²) in [4.78, 5) is 0. The van der Waals surface area contributed by atoms with E-state index in [2.05, 4.69) is 36.6 Å². The van der Waals surface area contributed by atoms with E-state index in [0.717, 1.165) is 12.5 Å². The van der Waals surface area contributed by atoms with Crippen LogP contribution in [0, 0.1) is 5.92 Å². The Hall–Kier alpha value is -0.900.